The molecule has 0 aliphatic carbocycles. The van der Waals surface area contributed by atoms with E-state index in [0.29, 0.717) is 0 Å². The Labute approximate surface area is 705 Å². The Balaban J connectivity index is 0.868. The summed E-state index contributed by atoms with van der Waals surface area (Å²) in [5, 5.41) is 9.33. The third-order valence-electron chi connectivity index (χ3n) is 25.6. The minimum absolute atomic E-state index is 0.0512. The summed E-state index contributed by atoms with van der Waals surface area (Å²) in [6, 6.07) is 127. The average molecular weight is 1570 g/mol. The normalized spacial score (nSPS) is 13.1. The van der Waals surface area contributed by atoms with Crippen molar-refractivity contribution in [3.05, 3.63) is 356 Å². The number of benzene rings is 16. The number of nitrogens with zero attached hydrogens (tertiary/aromatic N) is 4. The van der Waals surface area contributed by atoms with Crippen LogP contribution in [0.4, 0.5) is 51.2 Å². The van der Waals surface area contributed by atoms with Crippen LogP contribution in [-0.4, -0.2) is 11.3 Å². The smallest absolute Gasteiger partial charge is 0.252 e. The van der Waals surface area contributed by atoms with Gasteiger partial charge in [0.1, 0.15) is 22.3 Å². The van der Waals surface area contributed by atoms with Crippen LogP contribution in [0.15, 0.2) is 342 Å². The molecule has 2 aliphatic rings. The molecular formula is C112H91BN4O2S. The van der Waals surface area contributed by atoms with Crippen molar-refractivity contribution in [1.82, 2.24) is 4.57 Å². The number of fused-ring (bicyclic) bond motifs is 18. The van der Waals surface area contributed by atoms with Gasteiger partial charge in [-0.25, -0.2) is 0 Å². The van der Waals surface area contributed by atoms with Crippen molar-refractivity contribution in [3.63, 3.8) is 0 Å². The summed E-state index contributed by atoms with van der Waals surface area (Å²) < 4.78 is 18.6. The summed E-state index contributed by atoms with van der Waals surface area (Å²) in [7, 11) is 0. The number of furan rings is 2. The largest absolute Gasteiger partial charge is 0.456 e. The Morgan fingerprint density at radius 3 is 1.32 bits per heavy atom. The second-order valence-corrected chi connectivity index (χ2v) is 38.3. The summed E-state index contributed by atoms with van der Waals surface area (Å²) in [5.41, 5.74) is 33.7. The topological polar surface area (TPSA) is 40.9 Å². The highest BCUT2D eigenvalue weighted by atomic mass is 32.1. The van der Waals surface area contributed by atoms with Crippen LogP contribution < -0.4 is 31.1 Å². The van der Waals surface area contributed by atoms with Crippen molar-refractivity contribution in [3.8, 4) is 50.2 Å². The first-order valence-corrected chi connectivity index (χ1v) is 43.0. The minimum atomic E-state index is -0.283. The van der Waals surface area contributed by atoms with E-state index >= 15 is 0 Å². The van der Waals surface area contributed by atoms with Crippen molar-refractivity contribution >= 4 is 171 Å². The van der Waals surface area contributed by atoms with Gasteiger partial charge in [0.25, 0.3) is 6.71 Å². The van der Waals surface area contributed by atoms with Gasteiger partial charge in [-0.2, -0.15) is 0 Å². The standard InChI is InChI=1S/C112H91BN4O2S/c1-109(2,3)74-39-45-79(46-40-74)114(80-47-41-75(42-48-80)110(4,5)6)81-49-53-89-95(67-81)117(91-55-44-77(112(10,11)12)66-87(91)69-28-18-14-19-29-69)97-63-73(71-36-50-82-93(60-71)115(78-30-20-15-21-31-78)92-56-59-103-107(104(82)92)85-33-23-25-35-102(85)120-103)62-96-108(97)113(89)88-52-38-70(61-94(88)116(96)90-54-43-76(111(7,8)9)65-86(90)68-26-16-13-17-27-68)72-37-51-84-101(64-72)119-100-58-57-99-105(106(84)100)83-32-22-24-34-98(83)118-99/h13-67H,1-12H3. The van der Waals surface area contributed by atoms with Crippen LogP contribution in [0.25, 0.3) is 136 Å². The predicted octanol–water partition coefficient (Wildman–Crippen LogP) is 30.4. The van der Waals surface area contributed by atoms with Crippen molar-refractivity contribution in [2.45, 2.75) is 105 Å². The van der Waals surface area contributed by atoms with Crippen molar-refractivity contribution in [2.75, 3.05) is 14.7 Å². The lowest BCUT2D eigenvalue weighted by molar-refractivity contribution is 0.590. The number of hydrogen-bond donors (Lipinski definition) is 0. The molecule has 2 aliphatic heterocycles. The van der Waals surface area contributed by atoms with Crippen LogP contribution >= 0.6 is 11.3 Å². The van der Waals surface area contributed by atoms with E-state index in [1.54, 1.807) is 0 Å². The maximum Gasteiger partial charge on any atom is 0.252 e. The van der Waals surface area contributed by atoms with Gasteiger partial charge in [-0.3, -0.25) is 0 Å². The van der Waals surface area contributed by atoms with E-state index in [2.05, 4.69) is 430 Å². The molecule has 8 heteroatoms. The molecule has 0 atom stereocenters. The molecule has 6 nitrogen and oxygen atoms in total. The Morgan fingerprint density at radius 1 is 0.275 bits per heavy atom. The first-order valence-electron chi connectivity index (χ1n) is 42.2. The summed E-state index contributed by atoms with van der Waals surface area (Å²) in [4.78, 5) is 7.82. The van der Waals surface area contributed by atoms with Gasteiger partial charge in [-0.1, -0.05) is 271 Å². The van der Waals surface area contributed by atoms with Gasteiger partial charge in [0.2, 0.25) is 0 Å². The van der Waals surface area contributed by atoms with Crippen molar-refractivity contribution in [2.24, 2.45) is 0 Å². The Hall–Kier alpha value is -13.4. The molecule has 0 fully saturated rings. The van der Waals surface area contributed by atoms with Gasteiger partial charge in [0, 0.05) is 109 Å². The molecule has 580 valence electrons. The molecule has 0 amide bonds. The van der Waals surface area contributed by atoms with E-state index in [1.807, 2.05) is 17.4 Å². The highest BCUT2D eigenvalue weighted by Crippen LogP contribution is 2.54. The third-order valence-corrected chi connectivity index (χ3v) is 26.7. The molecule has 0 bridgehead atoms. The molecule has 120 heavy (non-hydrogen) atoms. The summed E-state index contributed by atoms with van der Waals surface area (Å²) >= 11 is 1.88. The fourth-order valence-electron chi connectivity index (χ4n) is 19.4. The van der Waals surface area contributed by atoms with Gasteiger partial charge in [0.15, 0.2) is 0 Å². The highest BCUT2D eigenvalue weighted by Gasteiger charge is 2.46. The van der Waals surface area contributed by atoms with Gasteiger partial charge in [-0.15, -0.1) is 11.3 Å². The molecule has 0 radical (unpaired) electrons. The number of hydrogen-bond acceptors (Lipinski definition) is 6. The molecule has 0 saturated carbocycles. The zero-order valence-corrected chi connectivity index (χ0v) is 70.7. The van der Waals surface area contributed by atoms with E-state index in [-0.39, 0.29) is 28.4 Å². The van der Waals surface area contributed by atoms with E-state index in [1.165, 1.54) is 75.1 Å². The maximum absolute atomic E-state index is 7.02. The maximum atomic E-state index is 7.02. The zero-order valence-electron chi connectivity index (χ0n) is 69.8. The Morgan fingerprint density at radius 2 is 0.733 bits per heavy atom. The van der Waals surface area contributed by atoms with Gasteiger partial charge < -0.3 is 28.1 Å². The fourth-order valence-corrected chi connectivity index (χ4v) is 20.5. The molecule has 0 N–H and O–H groups in total. The predicted molar refractivity (Wildman–Crippen MR) is 513 cm³/mol. The van der Waals surface area contributed by atoms with Crippen LogP contribution in [0.5, 0.6) is 0 Å². The highest BCUT2D eigenvalue weighted by molar-refractivity contribution is 7.26. The van der Waals surface area contributed by atoms with Crippen LogP contribution in [-0.2, 0) is 21.7 Å². The zero-order chi connectivity index (χ0) is 81.6. The monoisotopic (exact) mass is 1570 g/mol. The summed E-state index contributed by atoms with van der Waals surface area (Å²) in [6.45, 7) is 27.6. The van der Waals surface area contributed by atoms with Crippen LogP contribution in [0.1, 0.15) is 105 Å². The summed E-state index contributed by atoms with van der Waals surface area (Å²) in [5.74, 6) is 0. The molecule has 16 aromatic carbocycles. The number of aromatic nitrogens is 1. The molecule has 20 aromatic rings. The third kappa shape index (κ3) is 11.8. The lowest BCUT2D eigenvalue weighted by atomic mass is 9.33. The Kier molecular flexibility index (Phi) is 16.5. The molecule has 4 aromatic heterocycles. The van der Waals surface area contributed by atoms with Gasteiger partial charge in [0.05, 0.1) is 22.4 Å². The molecule has 6 heterocycles. The van der Waals surface area contributed by atoms with Crippen LogP contribution in [0, 0.1) is 0 Å². The average Bonchev–Trinajstić information content (AvgIpc) is 0.925. The van der Waals surface area contributed by atoms with Crippen molar-refractivity contribution < 1.29 is 8.83 Å². The van der Waals surface area contributed by atoms with E-state index < -0.39 is 0 Å². The SMILES string of the molecule is CC(C)(C)c1ccc(N(c2ccc(C(C)(C)C)cc2)c2ccc3c(c2)N(c2ccc(C(C)(C)C)cc2-c2ccccc2)c2cc(-c4ccc5c6c7c(ccc6n(-c6ccccc6)c5c4)sc4ccccc47)cc4c2B3c2ccc(-c3ccc5c(c3)oc3ccc6oc7ccccc7c6c35)cc2N4c2ccc(C(C)(C)C)cc2-c2ccccc2)cc1. The molecular weight excluding hydrogens is 1480 g/mol. The molecule has 0 saturated heterocycles. The van der Waals surface area contributed by atoms with E-state index in [9.17, 15) is 0 Å². The van der Waals surface area contributed by atoms with E-state index in [0.717, 1.165) is 151 Å². The number of para-hydroxylation sites is 2. The number of rotatable bonds is 10. The quantitative estimate of drug-likeness (QED) is 0.128. The second kappa shape index (κ2) is 27.1. The first kappa shape index (κ1) is 73.0. The molecule has 0 spiro atoms. The van der Waals surface area contributed by atoms with Gasteiger partial charge >= 0.3 is 0 Å². The van der Waals surface area contributed by atoms with Gasteiger partial charge in [-0.05, 0) is 239 Å². The van der Waals surface area contributed by atoms with Crippen LogP contribution in [0.2, 0.25) is 0 Å². The fraction of sp³-hybridized carbons (Fsp3) is 0.143. The number of anilines is 9. The lowest BCUT2D eigenvalue weighted by Crippen LogP contribution is -2.61. The molecule has 22 rings (SSSR count). The van der Waals surface area contributed by atoms with Crippen molar-refractivity contribution in [1.29, 1.82) is 0 Å². The van der Waals surface area contributed by atoms with Crippen LogP contribution in [0.3, 0.4) is 0 Å². The summed E-state index contributed by atoms with van der Waals surface area (Å²) in [6.07, 6.45) is 0. The van der Waals surface area contributed by atoms with E-state index in [4.69, 9.17) is 8.83 Å². The first-order chi connectivity index (χ1) is 58.0. The number of thiophene rings is 1. The Bertz CT molecular complexity index is 7510. The second-order valence-electron chi connectivity index (χ2n) is 37.2. The lowest BCUT2D eigenvalue weighted by Gasteiger charge is -2.45. The molecule has 0 unspecified atom stereocenters. The minimum Gasteiger partial charge on any atom is -0.456 e.